The molecule has 1 rings (SSSR count). The molecule has 0 unspecified atom stereocenters. The van der Waals surface area contributed by atoms with Gasteiger partial charge in [0.25, 0.3) is 0 Å². The standard InChI is InChI=1S/C13H19N3/c1-4-10-11(5-2)13(7-9-15)16(3)12(10)6-8-14/h4,6-9H,1,5,14-15H2,2-3H3/b8-6-,9-7-. The predicted molar refractivity (Wildman–Crippen MR) is 71.3 cm³/mol. The molecule has 4 N–H and O–H groups in total. The fourth-order valence-corrected chi connectivity index (χ4v) is 2.00. The minimum Gasteiger partial charge on any atom is -0.405 e. The van der Waals surface area contributed by atoms with Crippen LogP contribution < -0.4 is 11.5 Å². The van der Waals surface area contributed by atoms with Crippen LogP contribution in [0.4, 0.5) is 0 Å². The van der Waals surface area contributed by atoms with Crippen molar-refractivity contribution in [1.82, 2.24) is 4.57 Å². The first-order chi connectivity index (χ1) is 7.71. The maximum atomic E-state index is 5.47. The van der Waals surface area contributed by atoms with Gasteiger partial charge >= 0.3 is 0 Å². The van der Waals surface area contributed by atoms with E-state index in [9.17, 15) is 0 Å². The molecular formula is C13H19N3. The second kappa shape index (κ2) is 5.26. The van der Waals surface area contributed by atoms with E-state index >= 15 is 0 Å². The van der Waals surface area contributed by atoms with Crippen molar-refractivity contribution in [3.8, 4) is 0 Å². The summed E-state index contributed by atoms with van der Waals surface area (Å²) in [4.78, 5) is 0. The summed E-state index contributed by atoms with van der Waals surface area (Å²) in [5.74, 6) is 0. The van der Waals surface area contributed by atoms with Crippen molar-refractivity contribution in [2.45, 2.75) is 13.3 Å². The Balaban J connectivity index is 3.56. The van der Waals surface area contributed by atoms with Gasteiger partial charge in [0.15, 0.2) is 0 Å². The molecule has 1 heterocycles. The Hall–Kier alpha value is -1.90. The maximum Gasteiger partial charge on any atom is 0.0499 e. The van der Waals surface area contributed by atoms with Crippen LogP contribution in [0.5, 0.6) is 0 Å². The van der Waals surface area contributed by atoms with E-state index in [0.717, 1.165) is 23.4 Å². The molecule has 0 atom stereocenters. The quantitative estimate of drug-likeness (QED) is 0.811. The third-order valence-corrected chi connectivity index (χ3v) is 2.70. The van der Waals surface area contributed by atoms with Crippen molar-refractivity contribution < 1.29 is 0 Å². The summed E-state index contributed by atoms with van der Waals surface area (Å²) in [5.41, 5.74) is 15.5. The molecule has 86 valence electrons. The predicted octanol–water partition coefficient (Wildman–Crippen LogP) is 2.09. The van der Waals surface area contributed by atoms with Crippen molar-refractivity contribution in [1.29, 1.82) is 0 Å². The average molecular weight is 217 g/mol. The summed E-state index contributed by atoms with van der Waals surface area (Å²) >= 11 is 0. The summed E-state index contributed by atoms with van der Waals surface area (Å²) in [5, 5.41) is 0. The zero-order valence-electron chi connectivity index (χ0n) is 9.90. The summed E-state index contributed by atoms with van der Waals surface area (Å²) in [6, 6.07) is 0. The zero-order chi connectivity index (χ0) is 12.1. The van der Waals surface area contributed by atoms with Gasteiger partial charge in [0.05, 0.1) is 0 Å². The highest BCUT2D eigenvalue weighted by molar-refractivity contribution is 5.71. The molecule has 0 saturated carbocycles. The normalized spacial score (nSPS) is 11.6. The number of hydrogen-bond acceptors (Lipinski definition) is 2. The maximum absolute atomic E-state index is 5.47. The number of nitrogens with zero attached hydrogens (tertiary/aromatic N) is 1. The molecule has 0 radical (unpaired) electrons. The van der Waals surface area contributed by atoms with Crippen LogP contribution in [0.3, 0.4) is 0 Å². The minimum atomic E-state index is 0.938. The molecule has 0 aliphatic rings. The molecule has 0 saturated heterocycles. The highest BCUT2D eigenvalue weighted by Gasteiger charge is 2.13. The van der Waals surface area contributed by atoms with Crippen molar-refractivity contribution in [2.24, 2.45) is 18.5 Å². The Morgan fingerprint density at radius 2 is 1.75 bits per heavy atom. The highest BCUT2D eigenvalue weighted by atomic mass is 15.0. The van der Waals surface area contributed by atoms with Crippen LogP contribution in [-0.2, 0) is 13.5 Å². The molecule has 16 heavy (non-hydrogen) atoms. The molecule has 0 spiro atoms. The van der Waals surface area contributed by atoms with Gasteiger partial charge < -0.3 is 16.0 Å². The fourth-order valence-electron chi connectivity index (χ4n) is 2.00. The molecule has 0 aliphatic carbocycles. The van der Waals surface area contributed by atoms with Gasteiger partial charge in [-0.3, -0.25) is 0 Å². The fraction of sp³-hybridized carbons (Fsp3) is 0.231. The average Bonchev–Trinajstić information content (AvgIpc) is 2.54. The lowest BCUT2D eigenvalue weighted by Gasteiger charge is -2.01. The number of hydrogen-bond donors (Lipinski definition) is 2. The Bertz CT molecular complexity index is 437. The van der Waals surface area contributed by atoms with E-state index in [1.807, 2.05) is 25.3 Å². The van der Waals surface area contributed by atoms with Crippen molar-refractivity contribution in [3.05, 3.63) is 41.5 Å². The van der Waals surface area contributed by atoms with Gasteiger partial charge in [-0.05, 0) is 36.5 Å². The molecule has 3 nitrogen and oxygen atoms in total. The first kappa shape index (κ1) is 12.2. The topological polar surface area (TPSA) is 57.0 Å². The van der Waals surface area contributed by atoms with Crippen LogP contribution in [0.1, 0.15) is 29.4 Å². The van der Waals surface area contributed by atoms with Crippen LogP contribution >= 0.6 is 0 Å². The monoisotopic (exact) mass is 217 g/mol. The largest absolute Gasteiger partial charge is 0.405 e. The van der Waals surface area contributed by atoms with Gasteiger partial charge in [0.2, 0.25) is 0 Å². The van der Waals surface area contributed by atoms with Crippen molar-refractivity contribution >= 4 is 18.2 Å². The van der Waals surface area contributed by atoms with Crippen LogP contribution in [-0.4, -0.2) is 4.57 Å². The molecule has 1 aromatic rings. The van der Waals surface area contributed by atoms with Gasteiger partial charge in [-0.2, -0.15) is 0 Å². The first-order valence-corrected chi connectivity index (χ1v) is 5.31. The van der Waals surface area contributed by atoms with Gasteiger partial charge in [-0.25, -0.2) is 0 Å². The highest BCUT2D eigenvalue weighted by Crippen LogP contribution is 2.26. The van der Waals surface area contributed by atoms with Gasteiger partial charge in [-0.15, -0.1) is 0 Å². The Morgan fingerprint density at radius 3 is 2.19 bits per heavy atom. The van der Waals surface area contributed by atoms with E-state index in [1.165, 1.54) is 11.8 Å². The number of aromatic nitrogens is 1. The van der Waals surface area contributed by atoms with E-state index in [1.54, 1.807) is 6.20 Å². The lowest BCUT2D eigenvalue weighted by molar-refractivity contribution is 0.893. The molecule has 0 aromatic carbocycles. The van der Waals surface area contributed by atoms with Crippen LogP contribution in [0.25, 0.3) is 18.2 Å². The van der Waals surface area contributed by atoms with Crippen LogP contribution in [0.15, 0.2) is 19.0 Å². The van der Waals surface area contributed by atoms with Gasteiger partial charge in [-0.1, -0.05) is 19.6 Å². The third-order valence-electron chi connectivity index (χ3n) is 2.70. The molecule has 0 aliphatic heterocycles. The second-order valence-corrected chi connectivity index (χ2v) is 3.50. The smallest absolute Gasteiger partial charge is 0.0499 e. The third kappa shape index (κ3) is 1.89. The molecule has 0 amide bonds. The first-order valence-electron chi connectivity index (χ1n) is 5.31. The van der Waals surface area contributed by atoms with Crippen LogP contribution in [0, 0.1) is 0 Å². The van der Waals surface area contributed by atoms with E-state index < -0.39 is 0 Å². The minimum absolute atomic E-state index is 0.938. The molecule has 1 aromatic heterocycles. The lowest BCUT2D eigenvalue weighted by atomic mass is 10.1. The SMILES string of the molecule is C=Cc1c(CC)c(/C=C\N)n(C)c1/C=C\N. The lowest BCUT2D eigenvalue weighted by Crippen LogP contribution is -1.96. The second-order valence-electron chi connectivity index (χ2n) is 3.50. The molecule has 0 bridgehead atoms. The zero-order valence-corrected chi connectivity index (χ0v) is 9.90. The van der Waals surface area contributed by atoms with E-state index in [2.05, 4.69) is 18.1 Å². The summed E-state index contributed by atoms with van der Waals surface area (Å²) in [6.45, 7) is 5.97. The number of rotatable bonds is 4. The van der Waals surface area contributed by atoms with Gasteiger partial charge in [0.1, 0.15) is 0 Å². The molecular weight excluding hydrogens is 198 g/mol. The van der Waals surface area contributed by atoms with E-state index in [0.29, 0.717) is 0 Å². The summed E-state index contributed by atoms with van der Waals surface area (Å²) in [7, 11) is 2.00. The van der Waals surface area contributed by atoms with Gasteiger partial charge in [0, 0.05) is 24.0 Å². The Labute approximate surface area is 96.7 Å². The van der Waals surface area contributed by atoms with E-state index in [-0.39, 0.29) is 0 Å². The summed E-state index contributed by atoms with van der Waals surface area (Å²) < 4.78 is 2.07. The summed E-state index contributed by atoms with van der Waals surface area (Å²) in [6.07, 6.45) is 9.67. The number of nitrogens with two attached hydrogens (primary N) is 2. The van der Waals surface area contributed by atoms with Crippen LogP contribution in [0.2, 0.25) is 0 Å². The molecule has 3 heteroatoms. The Kier molecular flexibility index (Phi) is 4.00. The van der Waals surface area contributed by atoms with E-state index in [4.69, 9.17) is 11.5 Å². The van der Waals surface area contributed by atoms with Crippen molar-refractivity contribution in [2.75, 3.05) is 0 Å². The Morgan fingerprint density at radius 1 is 1.19 bits per heavy atom. The molecule has 0 fully saturated rings. The van der Waals surface area contributed by atoms with Crippen molar-refractivity contribution in [3.63, 3.8) is 0 Å².